The van der Waals surface area contributed by atoms with Gasteiger partial charge >= 0.3 is 11.9 Å². The minimum atomic E-state index is -1.09. The Kier molecular flexibility index (Phi) is 3.83. The van der Waals surface area contributed by atoms with Gasteiger partial charge in [0.2, 0.25) is 0 Å². The molecule has 1 aromatic rings. The second-order valence-electron chi connectivity index (χ2n) is 2.40. The fourth-order valence-electron chi connectivity index (χ4n) is 0.694. The highest BCUT2D eigenvalue weighted by molar-refractivity contribution is 7.10. The van der Waals surface area contributed by atoms with E-state index in [9.17, 15) is 9.59 Å². The van der Waals surface area contributed by atoms with Crippen molar-refractivity contribution >= 4 is 23.3 Å². The lowest BCUT2D eigenvalue weighted by Gasteiger charge is -1.88. The van der Waals surface area contributed by atoms with Gasteiger partial charge in [-0.3, -0.25) is 4.79 Å². The maximum Gasteiger partial charge on any atom is 0.355 e. The number of carboxylic acids is 1. The SMILES string of the molecule is COC(=O)CC#Cc1nc(C(=O)O)cs1. The van der Waals surface area contributed by atoms with E-state index in [4.69, 9.17) is 5.11 Å². The summed E-state index contributed by atoms with van der Waals surface area (Å²) in [5, 5.41) is 10.3. The third kappa shape index (κ3) is 3.40. The molecule has 0 aromatic carbocycles. The van der Waals surface area contributed by atoms with Crippen LogP contribution in [0.1, 0.15) is 21.9 Å². The molecule has 0 amide bonds. The summed E-state index contributed by atoms with van der Waals surface area (Å²) in [6.45, 7) is 0. The van der Waals surface area contributed by atoms with Gasteiger partial charge in [-0.15, -0.1) is 11.3 Å². The summed E-state index contributed by atoms with van der Waals surface area (Å²) >= 11 is 1.12. The monoisotopic (exact) mass is 225 g/mol. The van der Waals surface area contributed by atoms with Crippen LogP contribution in [0.2, 0.25) is 0 Å². The zero-order valence-corrected chi connectivity index (χ0v) is 8.63. The third-order valence-electron chi connectivity index (χ3n) is 1.38. The standard InChI is InChI=1S/C9H7NO4S/c1-14-8(11)4-2-3-7-10-6(5-15-7)9(12)13/h5H,4H2,1H3,(H,12,13). The molecule has 0 spiro atoms. The average molecular weight is 225 g/mol. The summed E-state index contributed by atoms with van der Waals surface area (Å²) in [4.78, 5) is 24.9. The first-order chi connectivity index (χ1) is 7.13. The van der Waals surface area contributed by atoms with Gasteiger partial charge < -0.3 is 9.84 Å². The van der Waals surface area contributed by atoms with Crippen molar-refractivity contribution in [2.75, 3.05) is 7.11 Å². The molecule has 0 fully saturated rings. The van der Waals surface area contributed by atoms with Gasteiger partial charge in [-0.1, -0.05) is 5.92 Å². The minimum Gasteiger partial charge on any atom is -0.476 e. The highest BCUT2D eigenvalue weighted by Gasteiger charge is 2.06. The number of aromatic nitrogens is 1. The van der Waals surface area contributed by atoms with E-state index in [1.165, 1.54) is 12.5 Å². The molecule has 15 heavy (non-hydrogen) atoms. The van der Waals surface area contributed by atoms with Crippen molar-refractivity contribution in [1.29, 1.82) is 0 Å². The van der Waals surface area contributed by atoms with Gasteiger partial charge in [0.05, 0.1) is 7.11 Å². The molecule has 0 aliphatic carbocycles. The van der Waals surface area contributed by atoms with Gasteiger partial charge in [0.25, 0.3) is 0 Å². The molecule has 6 heteroatoms. The molecule has 5 nitrogen and oxygen atoms in total. The van der Waals surface area contributed by atoms with Crippen LogP contribution in [0.4, 0.5) is 0 Å². The summed E-state index contributed by atoms with van der Waals surface area (Å²) in [5.41, 5.74) is -0.0395. The van der Waals surface area contributed by atoms with Crippen LogP contribution in [0.5, 0.6) is 0 Å². The van der Waals surface area contributed by atoms with Crippen molar-refractivity contribution in [3.8, 4) is 11.8 Å². The van der Waals surface area contributed by atoms with Gasteiger partial charge in [-0.2, -0.15) is 0 Å². The number of methoxy groups -OCH3 is 1. The van der Waals surface area contributed by atoms with Crippen molar-refractivity contribution in [3.63, 3.8) is 0 Å². The zero-order valence-electron chi connectivity index (χ0n) is 7.81. The van der Waals surface area contributed by atoms with Crippen LogP contribution < -0.4 is 0 Å². The maximum absolute atomic E-state index is 10.7. The average Bonchev–Trinajstić information content (AvgIpc) is 2.66. The number of carbonyl (C=O) groups is 2. The number of hydrogen-bond donors (Lipinski definition) is 1. The van der Waals surface area contributed by atoms with Gasteiger partial charge in [-0.05, 0) is 5.92 Å². The van der Waals surface area contributed by atoms with E-state index < -0.39 is 11.9 Å². The summed E-state index contributed by atoms with van der Waals surface area (Å²) in [7, 11) is 1.27. The van der Waals surface area contributed by atoms with E-state index >= 15 is 0 Å². The van der Waals surface area contributed by atoms with Gasteiger partial charge in [0.1, 0.15) is 6.42 Å². The fraction of sp³-hybridized carbons (Fsp3) is 0.222. The lowest BCUT2D eigenvalue weighted by Crippen LogP contribution is -1.97. The summed E-state index contributed by atoms with van der Waals surface area (Å²) in [6, 6.07) is 0. The van der Waals surface area contributed by atoms with E-state index in [0.29, 0.717) is 5.01 Å². The quantitative estimate of drug-likeness (QED) is 0.593. The molecular formula is C9H7NO4S. The highest BCUT2D eigenvalue weighted by atomic mass is 32.1. The van der Waals surface area contributed by atoms with Crippen molar-refractivity contribution in [2.45, 2.75) is 6.42 Å². The van der Waals surface area contributed by atoms with Crippen molar-refractivity contribution < 1.29 is 19.4 Å². The Morgan fingerprint density at radius 3 is 2.93 bits per heavy atom. The van der Waals surface area contributed by atoms with Gasteiger partial charge in [0, 0.05) is 5.38 Å². The van der Waals surface area contributed by atoms with Crippen LogP contribution in [0.15, 0.2) is 5.38 Å². The van der Waals surface area contributed by atoms with Crippen LogP contribution in [-0.4, -0.2) is 29.1 Å². The van der Waals surface area contributed by atoms with Gasteiger partial charge in [0.15, 0.2) is 10.7 Å². The predicted octanol–water partition coefficient (Wildman–Crippen LogP) is 0.756. The van der Waals surface area contributed by atoms with Crippen LogP contribution in [0.3, 0.4) is 0 Å². The topological polar surface area (TPSA) is 76.5 Å². The first kappa shape index (κ1) is 11.2. The van der Waals surface area contributed by atoms with Crippen molar-refractivity contribution in [3.05, 3.63) is 16.1 Å². The Balaban J connectivity index is 2.64. The third-order valence-corrected chi connectivity index (χ3v) is 2.14. The number of aromatic carboxylic acids is 1. The molecule has 0 unspecified atom stereocenters. The lowest BCUT2D eigenvalue weighted by molar-refractivity contribution is -0.139. The number of carbonyl (C=O) groups excluding carboxylic acids is 1. The second kappa shape index (κ2) is 5.12. The molecular weight excluding hydrogens is 218 g/mol. The number of esters is 1. The Morgan fingerprint density at radius 2 is 2.40 bits per heavy atom. The van der Waals surface area contributed by atoms with Crippen molar-refractivity contribution in [1.82, 2.24) is 4.98 Å². The molecule has 78 valence electrons. The summed E-state index contributed by atoms with van der Waals surface area (Å²) in [5.74, 6) is 3.59. The Morgan fingerprint density at radius 1 is 1.67 bits per heavy atom. The number of ether oxygens (including phenoxy) is 1. The molecule has 1 aromatic heterocycles. The van der Waals surface area contributed by atoms with Crippen LogP contribution >= 0.6 is 11.3 Å². The normalized spacial score (nSPS) is 8.87. The van der Waals surface area contributed by atoms with E-state index in [0.717, 1.165) is 11.3 Å². The molecule has 0 radical (unpaired) electrons. The summed E-state index contributed by atoms with van der Waals surface area (Å²) < 4.78 is 4.38. The van der Waals surface area contributed by atoms with Crippen LogP contribution in [0, 0.1) is 11.8 Å². The number of carboxylic acid groups (broad SMARTS) is 1. The Labute approximate surface area is 89.7 Å². The molecule has 0 aliphatic heterocycles. The molecule has 0 saturated carbocycles. The molecule has 0 bridgehead atoms. The van der Waals surface area contributed by atoms with E-state index in [1.807, 2.05) is 0 Å². The molecule has 1 N–H and O–H groups in total. The van der Waals surface area contributed by atoms with Crippen LogP contribution in [-0.2, 0) is 9.53 Å². The number of thiazole rings is 1. The summed E-state index contributed by atoms with van der Waals surface area (Å²) in [6.07, 6.45) is -0.0293. The highest BCUT2D eigenvalue weighted by Crippen LogP contribution is 2.07. The molecule has 1 heterocycles. The first-order valence-corrected chi connectivity index (χ1v) is 4.76. The minimum absolute atomic E-state index is 0.0293. The van der Waals surface area contributed by atoms with Crippen molar-refractivity contribution in [2.24, 2.45) is 0 Å². The largest absolute Gasteiger partial charge is 0.476 e. The Hall–Kier alpha value is -1.87. The zero-order chi connectivity index (χ0) is 11.3. The number of rotatable bonds is 2. The first-order valence-electron chi connectivity index (χ1n) is 3.88. The van der Waals surface area contributed by atoms with E-state index in [2.05, 4.69) is 21.6 Å². The molecule has 1 rings (SSSR count). The van der Waals surface area contributed by atoms with Crippen LogP contribution in [0.25, 0.3) is 0 Å². The van der Waals surface area contributed by atoms with E-state index in [1.54, 1.807) is 0 Å². The molecule has 0 atom stereocenters. The predicted molar refractivity (Wildman–Crippen MR) is 52.6 cm³/mol. The number of hydrogen-bond acceptors (Lipinski definition) is 5. The number of nitrogens with zero attached hydrogens (tertiary/aromatic N) is 1. The fourth-order valence-corrected chi connectivity index (χ4v) is 1.35. The smallest absolute Gasteiger partial charge is 0.355 e. The lowest BCUT2D eigenvalue weighted by atomic mass is 10.4. The Bertz CT molecular complexity index is 440. The molecule has 0 saturated heterocycles. The second-order valence-corrected chi connectivity index (χ2v) is 3.26. The van der Waals surface area contributed by atoms with Gasteiger partial charge in [-0.25, -0.2) is 9.78 Å². The maximum atomic E-state index is 10.7. The molecule has 0 aliphatic rings. The van der Waals surface area contributed by atoms with E-state index in [-0.39, 0.29) is 12.1 Å².